The van der Waals surface area contributed by atoms with Gasteiger partial charge < -0.3 is 9.32 Å². The van der Waals surface area contributed by atoms with Crippen LogP contribution in [0.25, 0.3) is 11.1 Å². The SMILES string of the molecule is Cc1ccsc1C(=O)N1CCC(c2nc3ccccc3o2)CC1. The van der Waals surface area contributed by atoms with E-state index in [1.165, 1.54) is 11.3 Å². The van der Waals surface area contributed by atoms with E-state index in [9.17, 15) is 4.79 Å². The fourth-order valence-electron chi connectivity index (χ4n) is 3.13. The van der Waals surface area contributed by atoms with Crippen LogP contribution in [0.15, 0.2) is 40.1 Å². The summed E-state index contributed by atoms with van der Waals surface area (Å²) < 4.78 is 5.88. The number of para-hydroxylation sites is 2. The molecule has 0 N–H and O–H groups in total. The number of carbonyl (C=O) groups excluding carboxylic acids is 1. The first-order chi connectivity index (χ1) is 11.2. The molecule has 3 aromatic rings. The zero-order valence-corrected chi connectivity index (χ0v) is 13.8. The van der Waals surface area contributed by atoms with Gasteiger partial charge in [-0.1, -0.05) is 12.1 Å². The van der Waals surface area contributed by atoms with Crippen molar-refractivity contribution in [3.8, 4) is 0 Å². The van der Waals surface area contributed by atoms with Crippen LogP contribution in [0.3, 0.4) is 0 Å². The first-order valence-corrected chi connectivity index (χ1v) is 8.79. The smallest absolute Gasteiger partial charge is 0.264 e. The minimum absolute atomic E-state index is 0.161. The van der Waals surface area contributed by atoms with Crippen molar-refractivity contribution >= 4 is 28.3 Å². The average molecular weight is 326 g/mol. The third kappa shape index (κ3) is 2.65. The number of likely N-dealkylation sites (tertiary alicyclic amines) is 1. The van der Waals surface area contributed by atoms with Crippen molar-refractivity contribution in [2.75, 3.05) is 13.1 Å². The number of oxazole rings is 1. The monoisotopic (exact) mass is 326 g/mol. The maximum absolute atomic E-state index is 12.6. The third-order valence-electron chi connectivity index (χ3n) is 4.50. The molecule has 4 nitrogen and oxygen atoms in total. The summed E-state index contributed by atoms with van der Waals surface area (Å²) in [6, 6.07) is 9.86. The Labute approximate surface area is 138 Å². The van der Waals surface area contributed by atoms with Gasteiger partial charge in [0.2, 0.25) is 0 Å². The minimum Gasteiger partial charge on any atom is -0.440 e. The van der Waals surface area contributed by atoms with E-state index in [1.54, 1.807) is 0 Å². The summed E-state index contributed by atoms with van der Waals surface area (Å²) in [5.74, 6) is 1.27. The maximum Gasteiger partial charge on any atom is 0.264 e. The first kappa shape index (κ1) is 14.5. The minimum atomic E-state index is 0.161. The molecule has 1 aromatic carbocycles. The van der Waals surface area contributed by atoms with Crippen molar-refractivity contribution < 1.29 is 9.21 Å². The van der Waals surface area contributed by atoms with Gasteiger partial charge in [-0.15, -0.1) is 11.3 Å². The predicted octanol–water partition coefficient (Wildman–Crippen LogP) is 4.22. The van der Waals surface area contributed by atoms with Gasteiger partial charge in [0.1, 0.15) is 5.52 Å². The number of piperidine rings is 1. The Hall–Kier alpha value is -2.14. The molecule has 3 heterocycles. The topological polar surface area (TPSA) is 46.3 Å². The van der Waals surface area contributed by atoms with Crippen molar-refractivity contribution in [1.29, 1.82) is 0 Å². The summed E-state index contributed by atoms with van der Waals surface area (Å²) in [5, 5.41) is 1.98. The average Bonchev–Trinajstić information content (AvgIpc) is 3.20. The van der Waals surface area contributed by atoms with Crippen LogP contribution in [0.5, 0.6) is 0 Å². The third-order valence-corrected chi connectivity index (χ3v) is 5.50. The Morgan fingerprint density at radius 3 is 2.74 bits per heavy atom. The van der Waals surface area contributed by atoms with E-state index in [-0.39, 0.29) is 5.91 Å². The van der Waals surface area contributed by atoms with Crippen molar-refractivity contribution in [2.45, 2.75) is 25.7 Å². The van der Waals surface area contributed by atoms with Gasteiger partial charge in [0.25, 0.3) is 5.91 Å². The van der Waals surface area contributed by atoms with E-state index in [0.717, 1.165) is 53.4 Å². The Kier molecular flexibility index (Phi) is 3.65. The highest BCUT2D eigenvalue weighted by atomic mass is 32.1. The van der Waals surface area contributed by atoms with Crippen LogP contribution < -0.4 is 0 Å². The summed E-state index contributed by atoms with van der Waals surface area (Å²) in [6.07, 6.45) is 1.81. The highest BCUT2D eigenvalue weighted by Crippen LogP contribution is 2.31. The molecule has 0 radical (unpaired) electrons. The summed E-state index contributed by atoms with van der Waals surface area (Å²) in [4.78, 5) is 20.0. The highest BCUT2D eigenvalue weighted by molar-refractivity contribution is 7.12. The molecule has 1 aliphatic heterocycles. The van der Waals surface area contributed by atoms with E-state index in [2.05, 4.69) is 4.98 Å². The number of amides is 1. The predicted molar refractivity (Wildman–Crippen MR) is 90.9 cm³/mol. The van der Waals surface area contributed by atoms with E-state index < -0.39 is 0 Å². The molecule has 1 amide bonds. The molecule has 2 aromatic heterocycles. The number of thiophene rings is 1. The van der Waals surface area contributed by atoms with Crippen LogP contribution in [0, 0.1) is 6.92 Å². The molecule has 5 heteroatoms. The molecule has 0 unspecified atom stereocenters. The van der Waals surface area contributed by atoms with Crippen LogP contribution in [0.1, 0.15) is 39.9 Å². The van der Waals surface area contributed by atoms with E-state index in [1.807, 2.05) is 47.5 Å². The van der Waals surface area contributed by atoms with Gasteiger partial charge in [0.05, 0.1) is 4.88 Å². The van der Waals surface area contributed by atoms with Crippen LogP contribution >= 0.6 is 11.3 Å². The largest absolute Gasteiger partial charge is 0.440 e. The summed E-state index contributed by atoms with van der Waals surface area (Å²) >= 11 is 1.53. The van der Waals surface area contributed by atoms with Crippen molar-refractivity contribution in [1.82, 2.24) is 9.88 Å². The zero-order chi connectivity index (χ0) is 15.8. The Morgan fingerprint density at radius 1 is 1.26 bits per heavy atom. The van der Waals surface area contributed by atoms with Crippen molar-refractivity contribution in [3.05, 3.63) is 52.0 Å². The number of hydrogen-bond acceptors (Lipinski definition) is 4. The molecule has 0 atom stereocenters. The number of benzene rings is 1. The number of fused-ring (bicyclic) bond motifs is 1. The van der Waals surface area contributed by atoms with Crippen molar-refractivity contribution in [2.24, 2.45) is 0 Å². The highest BCUT2D eigenvalue weighted by Gasteiger charge is 2.28. The lowest BCUT2D eigenvalue weighted by Crippen LogP contribution is -2.37. The fraction of sp³-hybridized carbons (Fsp3) is 0.333. The standard InChI is InChI=1S/C18H18N2O2S/c1-12-8-11-23-16(12)18(21)20-9-6-13(7-10-20)17-19-14-4-2-3-5-15(14)22-17/h2-5,8,11,13H,6-7,9-10H2,1H3. The second-order valence-electron chi connectivity index (χ2n) is 6.02. The molecule has 0 spiro atoms. The molecule has 118 valence electrons. The maximum atomic E-state index is 12.6. The second kappa shape index (κ2) is 5.81. The molecular weight excluding hydrogens is 308 g/mol. The van der Waals surface area contributed by atoms with Crippen LogP contribution in [-0.4, -0.2) is 28.9 Å². The molecule has 0 aliphatic carbocycles. The van der Waals surface area contributed by atoms with E-state index in [4.69, 9.17) is 4.42 Å². The van der Waals surface area contributed by atoms with Crippen LogP contribution in [0.4, 0.5) is 0 Å². The molecule has 1 aliphatic rings. The molecule has 1 fully saturated rings. The van der Waals surface area contributed by atoms with Gasteiger partial charge >= 0.3 is 0 Å². The Bertz CT molecular complexity index is 810. The second-order valence-corrected chi connectivity index (χ2v) is 6.94. The number of hydrogen-bond donors (Lipinski definition) is 0. The van der Waals surface area contributed by atoms with E-state index in [0.29, 0.717) is 5.92 Å². The quantitative estimate of drug-likeness (QED) is 0.708. The van der Waals surface area contributed by atoms with Crippen LogP contribution in [0.2, 0.25) is 0 Å². The van der Waals surface area contributed by atoms with Crippen LogP contribution in [-0.2, 0) is 0 Å². The lowest BCUT2D eigenvalue weighted by Gasteiger charge is -2.30. The van der Waals surface area contributed by atoms with Gasteiger partial charge in [-0.05, 0) is 48.9 Å². The molecular formula is C18H18N2O2S. The summed E-state index contributed by atoms with van der Waals surface area (Å²) in [7, 11) is 0. The fourth-order valence-corrected chi connectivity index (χ4v) is 4.02. The Morgan fingerprint density at radius 2 is 2.04 bits per heavy atom. The lowest BCUT2D eigenvalue weighted by molar-refractivity contribution is 0.0711. The normalized spacial score (nSPS) is 16.1. The van der Waals surface area contributed by atoms with Crippen molar-refractivity contribution in [3.63, 3.8) is 0 Å². The van der Waals surface area contributed by atoms with Gasteiger partial charge in [-0.25, -0.2) is 4.98 Å². The molecule has 1 saturated heterocycles. The number of aryl methyl sites for hydroxylation is 1. The lowest BCUT2D eigenvalue weighted by atomic mass is 9.96. The summed E-state index contributed by atoms with van der Waals surface area (Å²) in [5.41, 5.74) is 2.83. The molecule has 23 heavy (non-hydrogen) atoms. The van der Waals surface area contributed by atoms with Gasteiger partial charge in [-0.2, -0.15) is 0 Å². The van der Waals surface area contributed by atoms with E-state index >= 15 is 0 Å². The number of nitrogens with zero attached hydrogens (tertiary/aromatic N) is 2. The molecule has 0 bridgehead atoms. The first-order valence-electron chi connectivity index (χ1n) is 7.91. The zero-order valence-electron chi connectivity index (χ0n) is 13.0. The van der Waals surface area contributed by atoms with Gasteiger partial charge in [0, 0.05) is 19.0 Å². The van der Waals surface area contributed by atoms with Gasteiger partial charge in [0.15, 0.2) is 11.5 Å². The molecule has 4 rings (SSSR count). The number of rotatable bonds is 2. The summed E-state index contributed by atoms with van der Waals surface area (Å²) in [6.45, 7) is 3.52. The molecule has 0 saturated carbocycles. The Balaban J connectivity index is 1.46. The van der Waals surface area contributed by atoms with Gasteiger partial charge in [-0.3, -0.25) is 4.79 Å². The number of aromatic nitrogens is 1. The number of carbonyl (C=O) groups is 1.